The number of rotatable bonds is 4. The normalized spacial score (nSPS) is 26.1. The topological polar surface area (TPSA) is 64.8 Å². The molecule has 2 aromatic heterocycles. The average Bonchev–Trinajstić information content (AvgIpc) is 3.21. The molecule has 0 aliphatic carbocycles. The number of aromatic nitrogens is 1. The van der Waals surface area contributed by atoms with E-state index in [-0.39, 0.29) is 17.4 Å². The van der Waals surface area contributed by atoms with Crippen molar-refractivity contribution < 1.29 is 18.7 Å². The molecule has 2 aromatic rings. The van der Waals surface area contributed by atoms with Gasteiger partial charge in [0.05, 0.1) is 19.0 Å². The molecule has 6 nitrogen and oxygen atoms in total. The molecular weight excluding hydrogens is 320 g/mol. The number of hydrogen-bond donors (Lipinski definition) is 0. The Morgan fingerprint density at radius 3 is 3.12 bits per heavy atom. The zero-order valence-corrected chi connectivity index (χ0v) is 14.1. The number of carbonyl (C=O) groups excluding carboxylic acids is 1. The molecule has 6 heteroatoms. The summed E-state index contributed by atoms with van der Waals surface area (Å²) in [6.45, 7) is 2.57. The predicted octanol–water partition coefficient (Wildman–Crippen LogP) is 2.76. The Labute approximate surface area is 146 Å². The van der Waals surface area contributed by atoms with Crippen molar-refractivity contribution in [3.05, 3.63) is 48.6 Å². The molecule has 2 atom stereocenters. The molecule has 4 rings (SSSR count). The summed E-state index contributed by atoms with van der Waals surface area (Å²) < 4.78 is 17.3. The highest BCUT2D eigenvalue weighted by Gasteiger charge is 2.48. The van der Waals surface area contributed by atoms with Crippen molar-refractivity contribution in [3.8, 4) is 5.88 Å². The highest BCUT2D eigenvalue weighted by atomic mass is 16.5. The lowest BCUT2D eigenvalue weighted by atomic mass is 9.73. The van der Waals surface area contributed by atoms with Crippen LogP contribution < -0.4 is 4.74 Å². The maximum Gasteiger partial charge on any atom is 0.289 e. The van der Waals surface area contributed by atoms with Crippen LogP contribution >= 0.6 is 0 Å². The summed E-state index contributed by atoms with van der Waals surface area (Å²) in [7, 11) is 0. The Kier molecular flexibility index (Phi) is 4.44. The van der Waals surface area contributed by atoms with Crippen LogP contribution in [-0.2, 0) is 4.74 Å². The SMILES string of the molecule is O=C(c1ccco1)N1CC[C@H]2OCCC[C@@]2(COc2ccccn2)C1. The number of furan rings is 1. The van der Waals surface area contributed by atoms with Crippen LogP contribution in [0.25, 0.3) is 0 Å². The third-order valence-corrected chi connectivity index (χ3v) is 5.15. The van der Waals surface area contributed by atoms with Gasteiger partial charge in [0.1, 0.15) is 0 Å². The molecule has 4 heterocycles. The van der Waals surface area contributed by atoms with Crippen molar-refractivity contribution in [1.82, 2.24) is 9.88 Å². The first-order chi connectivity index (χ1) is 12.3. The maximum atomic E-state index is 12.7. The number of fused-ring (bicyclic) bond motifs is 1. The van der Waals surface area contributed by atoms with Crippen molar-refractivity contribution in [2.45, 2.75) is 25.4 Å². The van der Waals surface area contributed by atoms with Gasteiger partial charge in [-0.3, -0.25) is 4.79 Å². The Balaban J connectivity index is 1.51. The lowest BCUT2D eigenvalue weighted by molar-refractivity contribution is -0.133. The molecule has 0 spiro atoms. The van der Waals surface area contributed by atoms with Crippen molar-refractivity contribution in [3.63, 3.8) is 0 Å². The minimum absolute atomic E-state index is 0.0637. The van der Waals surface area contributed by atoms with Gasteiger partial charge in [-0.25, -0.2) is 4.98 Å². The van der Waals surface area contributed by atoms with Gasteiger partial charge in [-0.1, -0.05) is 6.07 Å². The van der Waals surface area contributed by atoms with Crippen LogP contribution in [0.1, 0.15) is 29.8 Å². The molecule has 0 saturated carbocycles. The number of nitrogens with zero attached hydrogens (tertiary/aromatic N) is 2. The zero-order valence-electron chi connectivity index (χ0n) is 14.1. The minimum atomic E-state index is -0.198. The molecule has 0 N–H and O–H groups in total. The summed E-state index contributed by atoms with van der Waals surface area (Å²) >= 11 is 0. The molecule has 0 unspecified atom stereocenters. The highest BCUT2D eigenvalue weighted by molar-refractivity contribution is 5.91. The van der Waals surface area contributed by atoms with Crippen LogP contribution in [0.4, 0.5) is 0 Å². The molecule has 2 fully saturated rings. The van der Waals surface area contributed by atoms with Gasteiger partial charge in [-0.2, -0.15) is 0 Å². The van der Waals surface area contributed by atoms with Gasteiger partial charge in [-0.05, 0) is 37.5 Å². The predicted molar refractivity (Wildman–Crippen MR) is 90.4 cm³/mol. The number of hydrogen-bond acceptors (Lipinski definition) is 5. The summed E-state index contributed by atoms with van der Waals surface area (Å²) in [6, 6.07) is 9.07. The molecule has 0 bridgehead atoms. The van der Waals surface area contributed by atoms with Gasteiger partial charge >= 0.3 is 0 Å². The van der Waals surface area contributed by atoms with E-state index in [0.717, 1.165) is 25.9 Å². The number of piperidine rings is 1. The fourth-order valence-corrected chi connectivity index (χ4v) is 3.88. The molecule has 25 heavy (non-hydrogen) atoms. The van der Waals surface area contributed by atoms with Gasteiger partial charge in [0.25, 0.3) is 5.91 Å². The summed E-state index contributed by atoms with van der Waals surface area (Å²) in [5.74, 6) is 0.929. The standard InChI is InChI=1S/C19H22N2O4/c22-18(15-5-3-11-23-15)21-10-7-16-19(13-21,8-4-12-24-16)14-25-17-6-1-2-9-20-17/h1-3,5-6,9,11,16H,4,7-8,10,12-14H2/t16-,19+/m1/s1. The van der Waals surface area contributed by atoms with Gasteiger partial charge in [0.15, 0.2) is 5.76 Å². The van der Waals surface area contributed by atoms with Gasteiger partial charge in [0.2, 0.25) is 5.88 Å². The Hall–Kier alpha value is -2.34. The molecule has 0 radical (unpaired) electrons. The van der Waals surface area contributed by atoms with E-state index in [1.807, 2.05) is 23.1 Å². The fraction of sp³-hybridized carbons (Fsp3) is 0.474. The van der Waals surface area contributed by atoms with E-state index in [9.17, 15) is 4.79 Å². The third-order valence-electron chi connectivity index (χ3n) is 5.15. The van der Waals surface area contributed by atoms with Crippen LogP contribution in [0, 0.1) is 5.41 Å². The zero-order chi connectivity index (χ0) is 17.1. The molecule has 2 aliphatic heterocycles. The lowest BCUT2D eigenvalue weighted by Crippen LogP contribution is -2.58. The molecular formula is C19H22N2O4. The van der Waals surface area contributed by atoms with Crippen molar-refractivity contribution in [1.29, 1.82) is 0 Å². The Morgan fingerprint density at radius 2 is 2.32 bits per heavy atom. The first kappa shape index (κ1) is 16.1. The van der Waals surface area contributed by atoms with Crippen molar-refractivity contribution in [2.24, 2.45) is 5.41 Å². The monoisotopic (exact) mass is 342 g/mol. The summed E-state index contributed by atoms with van der Waals surface area (Å²) in [4.78, 5) is 18.8. The van der Waals surface area contributed by atoms with E-state index in [1.54, 1.807) is 18.3 Å². The molecule has 2 saturated heterocycles. The Morgan fingerprint density at radius 1 is 1.36 bits per heavy atom. The van der Waals surface area contributed by atoms with Crippen LogP contribution in [-0.4, -0.2) is 48.2 Å². The van der Waals surface area contributed by atoms with Gasteiger partial charge < -0.3 is 18.8 Å². The number of carbonyl (C=O) groups is 1. The first-order valence-electron chi connectivity index (χ1n) is 8.75. The van der Waals surface area contributed by atoms with E-state index in [2.05, 4.69) is 4.98 Å². The van der Waals surface area contributed by atoms with Crippen LogP contribution in [0.15, 0.2) is 47.2 Å². The Bertz CT molecular complexity index is 703. The van der Waals surface area contributed by atoms with Crippen LogP contribution in [0.3, 0.4) is 0 Å². The second-order valence-electron chi connectivity index (χ2n) is 6.77. The minimum Gasteiger partial charge on any atom is -0.477 e. The smallest absolute Gasteiger partial charge is 0.289 e. The number of ether oxygens (including phenoxy) is 2. The molecule has 0 aromatic carbocycles. The molecule has 1 amide bonds. The largest absolute Gasteiger partial charge is 0.477 e. The number of amides is 1. The van der Waals surface area contributed by atoms with Crippen LogP contribution in [0.5, 0.6) is 5.88 Å². The summed E-state index contributed by atoms with van der Waals surface area (Å²) in [6.07, 6.45) is 6.14. The quantitative estimate of drug-likeness (QED) is 0.855. The molecule has 2 aliphatic rings. The average molecular weight is 342 g/mol. The lowest BCUT2D eigenvalue weighted by Gasteiger charge is -2.49. The van der Waals surface area contributed by atoms with Crippen LogP contribution in [0.2, 0.25) is 0 Å². The van der Waals surface area contributed by atoms with E-state index in [0.29, 0.717) is 31.3 Å². The highest BCUT2D eigenvalue weighted by Crippen LogP contribution is 2.40. The summed E-state index contributed by atoms with van der Waals surface area (Å²) in [5, 5.41) is 0. The van der Waals surface area contributed by atoms with Crippen molar-refractivity contribution in [2.75, 3.05) is 26.3 Å². The molecule has 132 valence electrons. The van der Waals surface area contributed by atoms with E-state index in [1.165, 1.54) is 6.26 Å². The van der Waals surface area contributed by atoms with E-state index >= 15 is 0 Å². The van der Waals surface area contributed by atoms with E-state index in [4.69, 9.17) is 13.9 Å². The first-order valence-corrected chi connectivity index (χ1v) is 8.75. The second-order valence-corrected chi connectivity index (χ2v) is 6.77. The van der Waals surface area contributed by atoms with Crippen molar-refractivity contribution >= 4 is 5.91 Å². The second kappa shape index (κ2) is 6.88. The summed E-state index contributed by atoms with van der Waals surface area (Å²) in [5.41, 5.74) is -0.198. The van der Waals surface area contributed by atoms with Gasteiger partial charge in [0, 0.05) is 37.4 Å². The maximum absolute atomic E-state index is 12.7. The number of likely N-dealkylation sites (tertiary alicyclic amines) is 1. The van der Waals surface area contributed by atoms with E-state index < -0.39 is 0 Å². The fourth-order valence-electron chi connectivity index (χ4n) is 3.88. The number of pyridine rings is 1. The van der Waals surface area contributed by atoms with Gasteiger partial charge in [-0.15, -0.1) is 0 Å². The third kappa shape index (κ3) is 3.26.